The highest BCUT2D eigenvalue weighted by Gasteiger charge is 2.19. The number of fused-ring (bicyclic) bond motifs is 1. The van der Waals surface area contributed by atoms with E-state index in [4.69, 9.17) is 0 Å². The van der Waals surface area contributed by atoms with Gasteiger partial charge in [-0.3, -0.25) is 9.78 Å². The molecule has 1 heterocycles. The zero-order valence-electron chi connectivity index (χ0n) is 11.1. The maximum Gasteiger partial charge on any atom is 0.321 e. The number of nitrogens with zero attached hydrogens (tertiary/aromatic N) is 1. The van der Waals surface area contributed by atoms with E-state index < -0.39 is 12.0 Å². The lowest BCUT2D eigenvalue weighted by molar-refractivity contribution is -0.139. The Morgan fingerprint density at radius 1 is 1.32 bits per heavy atom. The van der Waals surface area contributed by atoms with Gasteiger partial charge in [-0.05, 0) is 24.1 Å². The van der Waals surface area contributed by atoms with Crippen molar-refractivity contribution in [2.75, 3.05) is 0 Å². The molecule has 0 aliphatic heterocycles. The van der Waals surface area contributed by atoms with Crippen molar-refractivity contribution in [3.8, 4) is 0 Å². The molecule has 1 unspecified atom stereocenters. The molecule has 100 valence electrons. The van der Waals surface area contributed by atoms with Crippen molar-refractivity contribution >= 4 is 16.9 Å². The fourth-order valence-electron chi connectivity index (χ4n) is 2.17. The van der Waals surface area contributed by atoms with Crippen LogP contribution in [-0.4, -0.2) is 28.1 Å². The number of rotatable bonds is 5. The smallest absolute Gasteiger partial charge is 0.321 e. The predicted octanol–water partition coefficient (Wildman–Crippen LogP) is 2.23. The SMILES string of the molecule is CC(C)NC(Cc1ccnc2ccccc12)C(=O)O. The fraction of sp³-hybridized carbons (Fsp3) is 0.333. The van der Waals surface area contributed by atoms with Crippen LogP contribution >= 0.6 is 0 Å². The highest BCUT2D eigenvalue weighted by Crippen LogP contribution is 2.17. The van der Waals surface area contributed by atoms with E-state index in [9.17, 15) is 9.90 Å². The Morgan fingerprint density at radius 3 is 2.74 bits per heavy atom. The van der Waals surface area contributed by atoms with Gasteiger partial charge in [0, 0.05) is 17.6 Å². The number of hydrogen-bond acceptors (Lipinski definition) is 3. The number of para-hydroxylation sites is 1. The standard InChI is InChI=1S/C15H18N2O2/c1-10(2)17-14(15(18)19)9-11-7-8-16-13-6-4-3-5-12(11)13/h3-8,10,14,17H,9H2,1-2H3,(H,18,19). The molecule has 2 N–H and O–H groups in total. The molecular formula is C15H18N2O2. The predicted molar refractivity (Wildman–Crippen MR) is 75.1 cm³/mol. The maximum absolute atomic E-state index is 11.3. The summed E-state index contributed by atoms with van der Waals surface area (Å²) in [6.45, 7) is 3.89. The molecule has 0 saturated heterocycles. The summed E-state index contributed by atoms with van der Waals surface area (Å²) in [5, 5.41) is 13.4. The molecular weight excluding hydrogens is 240 g/mol. The molecule has 0 aliphatic carbocycles. The van der Waals surface area contributed by atoms with Crippen molar-refractivity contribution in [1.82, 2.24) is 10.3 Å². The van der Waals surface area contributed by atoms with Gasteiger partial charge in [0.15, 0.2) is 0 Å². The second-order valence-electron chi connectivity index (χ2n) is 4.90. The molecule has 4 nitrogen and oxygen atoms in total. The van der Waals surface area contributed by atoms with Crippen molar-refractivity contribution in [1.29, 1.82) is 0 Å². The number of benzene rings is 1. The molecule has 0 fully saturated rings. The molecule has 19 heavy (non-hydrogen) atoms. The largest absolute Gasteiger partial charge is 0.480 e. The first-order valence-corrected chi connectivity index (χ1v) is 6.39. The van der Waals surface area contributed by atoms with E-state index in [1.165, 1.54) is 0 Å². The minimum Gasteiger partial charge on any atom is -0.480 e. The highest BCUT2D eigenvalue weighted by atomic mass is 16.4. The lowest BCUT2D eigenvalue weighted by atomic mass is 10.0. The summed E-state index contributed by atoms with van der Waals surface area (Å²) in [6.07, 6.45) is 2.18. The normalized spacial score (nSPS) is 12.8. The van der Waals surface area contributed by atoms with Crippen molar-refractivity contribution in [3.05, 3.63) is 42.1 Å². The minimum absolute atomic E-state index is 0.134. The fourth-order valence-corrected chi connectivity index (χ4v) is 2.17. The molecule has 0 bridgehead atoms. The average Bonchev–Trinajstić information content (AvgIpc) is 2.37. The van der Waals surface area contributed by atoms with Crippen LogP contribution in [0.4, 0.5) is 0 Å². The van der Waals surface area contributed by atoms with E-state index in [0.717, 1.165) is 16.5 Å². The zero-order valence-corrected chi connectivity index (χ0v) is 11.1. The molecule has 0 saturated carbocycles. The van der Waals surface area contributed by atoms with E-state index in [1.807, 2.05) is 44.2 Å². The monoisotopic (exact) mass is 258 g/mol. The van der Waals surface area contributed by atoms with Crippen molar-refractivity contribution in [2.24, 2.45) is 0 Å². The Balaban J connectivity index is 2.31. The van der Waals surface area contributed by atoms with Crippen molar-refractivity contribution < 1.29 is 9.90 Å². The topological polar surface area (TPSA) is 62.2 Å². The Kier molecular flexibility index (Phi) is 4.12. The number of hydrogen-bond donors (Lipinski definition) is 2. The van der Waals surface area contributed by atoms with E-state index in [0.29, 0.717) is 6.42 Å². The van der Waals surface area contributed by atoms with Crippen LogP contribution in [0.5, 0.6) is 0 Å². The number of carboxylic acid groups (broad SMARTS) is 1. The first-order chi connectivity index (χ1) is 9.08. The molecule has 0 aliphatic rings. The van der Waals surface area contributed by atoms with Gasteiger partial charge in [0.2, 0.25) is 0 Å². The zero-order chi connectivity index (χ0) is 13.8. The van der Waals surface area contributed by atoms with Crippen LogP contribution in [0.1, 0.15) is 19.4 Å². The quantitative estimate of drug-likeness (QED) is 0.863. The molecule has 2 aromatic rings. The van der Waals surface area contributed by atoms with E-state index in [1.54, 1.807) is 6.20 Å². The molecule has 2 rings (SSSR count). The van der Waals surface area contributed by atoms with Gasteiger partial charge in [-0.1, -0.05) is 32.0 Å². The third-order valence-corrected chi connectivity index (χ3v) is 3.00. The second-order valence-corrected chi connectivity index (χ2v) is 4.90. The van der Waals surface area contributed by atoms with Gasteiger partial charge in [0.05, 0.1) is 5.52 Å². The Bertz CT molecular complexity index is 576. The van der Waals surface area contributed by atoms with Gasteiger partial charge >= 0.3 is 5.97 Å². The maximum atomic E-state index is 11.3. The van der Waals surface area contributed by atoms with Gasteiger partial charge in [-0.2, -0.15) is 0 Å². The first-order valence-electron chi connectivity index (χ1n) is 6.39. The van der Waals surface area contributed by atoms with Gasteiger partial charge in [0.1, 0.15) is 6.04 Å². The van der Waals surface area contributed by atoms with Crippen LogP contribution in [0, 0.1) is 0 Å². The van der Waals surface area contributed by atoms with Crippen LogP contribution in [-0.2, 0) is 11.2 Å². The highest BCUT2D eigenvalue weighted by molar-refractivity contribution is 5.83. The van der Waals surface area contributed by atoms with Gasteiger partial charge in [-0.25, -0.2) is 0 Å². The van der Waals surface area contributed by atoms with Crippen LogP contribution in [0.3, 0.4) is 0 Å². The first kappa shape index (κ1) is 13.5. The van der Waals surface area contributed by atoms with Crippen LogP contribution in [0.25, 0.3) is 10.9 Å². The van der Waals surface area contributed by atoms with Crippen molar-refractivity contribution in [3.63, 3.8) is 0 Å². The molecule has 4 heteroatoms. The number of pyridine rings is 1. The van der Waals surface area contributed by atoms with Crippen LogP contribution in [0.15, 0.2) is 36.5 Å². The molecule has 0 amide bonds. The van der Waals surface area contributed by atoms with E-state index >= 15 is 0 Å². The third kappa shape index (κ3) is 3.29. The number of aliphatic carboxylic acids is 1. The Morgan fingerprint density at radius 2 is 2.05 bits per heavy atom. The number of nitrogens with one attached hydrogen (secondary N) is 1. The number of carboxylic acids is 1. The Hall–Kier alpha value is -1.94. The van der Waals surface area contributed by atoms with E-state index in [2.05, 4.69) is 10.3 Å². The summed E-state index contributed by atoms with van der Waals surface area (Å²) in [7, 11) is 0. The minimum atomic E-state index is -0.824. The molecule has 1 aromatic heterocycles. The molecule has 0 radical (unpaired) electrons. The lowest BCUT2D eigenvalue weighted by Crippen LogP contribution is -2.42. The Labute approximate surface area is 112 Å². The molecule has 1 aromatic carbocycles. The summed E-state index contributed by atoms with van der Waals surface area (Å²) in [5.41, 5.74) is 1.90. The van der Waals surface area contributed by atoms with Crippen molar-refractivity contribution in [2.45, 2.75) is 32.4 Å². The number of aromatic nitrogens is 1. The lowest BCUT2D eigenvalue weighted by Gasteiger charge is -2.18. The summed E-state index contributed by atoms with van der Waals surface area (Å²) in [4.78, 5) is 15.6. The summed E-state index contributed by atoms with van der Waals surface area (Å²) < 4.78 is 0. The molecule has 1 atom stereocenters. The van der Waals surface area contributed by atoms with E-state index in [-0.39, 0.29) is 6.04 Å². The van der Waals surface area contributed by atoms with Crippen LogP contribution < -0.4 is 5.32 Å². The summed E-state index contributed by atoms with van der Waals surface area (Å²) >= 11 is 0. The van der Waals surface area contributed by atoms with Gasteiger partial charge in [-0.15, -0.1) is 0 Å². The average molecular weight is 258 g/mol. The van der Waals surface area contributed by atoms with Gasteiger partial charge < -0.3 is 10.4 Å². The number of carbonyl (C=O) groups is 1. The summed E-state index contributed by atoms with van der Waals surface area (Å²) in [5.74, 6) is -0.824. The summed E-state index contributed by atoms with van der Waals surface area (Å²) in [6, 6.07) is 9.23. The molecule has 0 spiro atoms. The van der Waals surface area contributed by atoms with Crippen LogP contribution in [0.2, 0.25) is 0 Å². The van der Waals surface area contributed by atoms with Gasteiger partial charge in [0.25, 0.3) is 0 Å². The second kappa shape index (κ2) is 5.80. The third-order valence-electron chi connectivity index (χ3n) is 3.00.